The molecular weight excluding hydrogens is 185 g/mol. The standard InChI is InChI=1S/C9H8FN3O/c1-6-9(14)12-13(11-6)8-4-2-7(10)3-5-8/h2-5H,1H3,(H,12,14). The average molecular weight is 193 g/mol. The third-order valence-corrected chi connectivity index (χ3v) is 1.86. The van der Waals surface area contributed by atoms with Crippen LogP contribution in [0.5, 0.6) is 0 Å². The van der Waals surface area contributed by atoms with Crippen LogP contribution in [0.1, 0.15) is 5.69 Å². The molecule has 0 unspecified atom stereocenters. The number of nitrogens with one attached hydrogen (secondary N) is 1. The van der Waals surface area contributed by atoms with Crippen molar-refractivity contribution in [3.63, 3.8) is 0 Å². The van der Waals surface area contributed by atoms with Gasteiger partial charge >= 0.3 is 0 Å². The summed E-state index contributed by atoms with van der Waals surface area (Å²) in [5, 5.41) is 6.44. The van der Waals surface area contributed by atoms with E-state index in [0.717, 1.165) is 0 Å². The molecule has 0 fully saturated rings. The summed E-state index contributed by atoms with van der Waals surface area (Å²) >= 11 is 0. The summed E-state index contributed by atoms with van der Waals surface area (Å²) in [5.41, 5.74) is 0.764. The molecule has 0 saturated heterocycles. The van der Waals surface area contributed by atoms with Crippen molar-refractivity contribution in [3.8, 4) is 5.69 Å². The Kier molecular flexibility index (Phi) is 1.92. The van der Waals surface area contributed by atoms with Gasteiger partial charge in [-0.15, -0.1) is 0 Å². The van der Waals surface area contributed by atoms with Crippen molar-refractivity contribution in [1.29, 1.82) is 0 Å². The number of aromatic nitrogens is 3. The van der Waals surface area contributed by atoms with Crippen molar-refractivity contribution in [2.45, 2.75) is 6.92 Å². The van der Waals surface area contributed by atoms with Crippen LogP contribution in [0, 0.1) is 12.7 Å². The van der Waals surface area contributed by atoms with E-state index in [4.69, 9.17) is 0 Å². The zero-order valence-corrected chi connectivity index (χ0v) is 7.49. The van der Waals surface area contributed by atoms with Crippen molar-refractivity contribution in [2.75, 3.05) is 0 Å². The molecule has 14 heavy (non-hydrogen) atoms. The van der Waals surface area contributed by atoms with E-state index >= 15 is 0 Å². The molecule has 0 amide bonds. The minimum atomic E-state index is -0.319. The number of rotatable bonds is 1. The summed E-state index contributed by atoms with van der Waals surface area (Å²) in [7, 11) is 0. The van der Waals surface area contributed by atoms with Gasteiger partial charge < -0.3 is 0 Å². The molecule has 2 rings (SSSR count). The van der Waals surface area contributed by atoms with Gasteiger partial charge in [-0.2, -0.15) is 9.90 Å². The fraction of sp³-hybridized carbons (Fsp3) is 0.111. The first-order valence-corrected chi connectivity index (χ1v) is 4.09. The highest BCUT2D eigenvalue weighted by Gasteiger charge is 2.02. The minimum absolute atomic E-state index is 0.241. The number of H-pyrrole nitrogens is 1. The van der Waals surface area contributed by atoms with Gasteiger partial charge in [-0.1, -0.05) is 0 Å². The second-order valence-corrected chi connectivity index (χ2v) is 2.91. The highest BCUT2D eigenvalue weighted by Crippen LogP contribution is 2.05. The van der Waals surface area contributed by atoms with Crippen LogP contribution in [-0.4, -0.2) is 15.0 Å². The lowest BCUT2D eigenvalue weighted by Gasteiger charge is -1.98. The van der Waals surface area contributed by atoms with Gasteiger partial charge in [0.05, 0.1) is 5.69 Å². The third-order valence-electron chi connectivity index (χ3n) is 1.86. The molecule has 0 radical (unpaired) electrons. The topological polar surface area (TPSA) is 50.7 Å². The quantitative estimate of drug-likeness (QED) is 0.734. The first-order valence-electron chi connectivity index (χ1n) is 4.09. The Morgan fingerprint density at radius 1 is 1.36 bits per heavy atom. The number of nitrogens with zero attached hydrogens (tertiary/aromatic N) is 2. The molecule has 1 heterocycles. The molecule has 0 bridgehead atoms. The van der Waals surface area contributed by atoms with Crippen molar-refractivity contribution < 1.29 is 4.39 Å². The third kappa shape index (κ3) is 1.44. The fourth-order valence-corrected chi connectivity index (χ4v) is 1.10. The first-order chi connectivity index (χ1) is 6.66. The molecule has 0 spiro atoms. The second kappa shape index (κ2) is 3.10. The smallest absolute Gasteiger partial charge is 0.266 e. The summed E-state index contributed by atoms with van der Waals surface area (Å²) in [5.74, 6) is -0.319. The first kappa shape index (κ1) is 8.68. The molecule has 1 N–H and O–H groups in total. The van der Waals surface area contributed by atoms with Gasteiger partial charge in [-0.05, 0) is 31.2 Å². The van der Waals surface area contributed by atoms with Gasteiger partial charge in [0.25, 0.3) is 5.56 Å². The van der Waals surface area contributed by atoms with Gasteiger partial charge in [0.1, 0.15) is 11.5 Å². The van der Waals surface area contributed by atoms with Gasteiger partial charge in [-0.25, -0.2) is 9.49 Å². The Morgan fingerprint density at radius 3 is 2.50 bits per heavy atom. The summed E-state index contributed by atoms with van der Waals surface area (Å²) in [6.45, 7) is 1.61. The number of hydrogen-bond acceptors (Lipinski definition) is 2. The lowest BCUT2D eigenvalue weighted by Crippen LogP contribution is -2.05. The van der Waals surface area contributed by atoms with Gasteiger partial charge in [0, 0.05) is 0 Å². The van der Waals surface area contributed by atoms with E-state index < -0.39 is 0 Å². The molecule has 1 aromatic heterocycles. The Labute approximate surface area is 79.0 Å². The van der Waals surface area contributed by atoms with Gasteiger partial charge in [0.15, 0.2) is 0 Å². The van der Waals surface area contributed by atoms with Crippen LogP contribution in [0.25, 0.3) is 5.69 Å². The Morgan fingerprint density at radius 2 is 2.00 bits per heavy atom. The minimum Gasteiger partial charge on any atom is -0.266 e. The zero-order valence-electron chi connectivity index (χ0n) is 7.49. The maximum absolute atomic E-state index is 12.6. The SMILES string of the molecule is Cc1nn(-c2ccc(F)cc2)[nH]c1=O. The second-order valence-electron chi connectivity index (χ2n) is 2.91. The molecule has 5 heteroatoms. The molecule has 0 atom stereocenters. The van der Waals surface area contributed by atoms with E-state index in [1.165, 1.54) is 29.1 Å². The summed E-state index contributed by atoms with van der Waals surface area (Å²) in [6.07, 6.45) is 0. The molecule has 0 aliphatic heterocycles. The van der Waals surface area contributed by atoms with Crippen LogP contribution in [-0.2, 0) is 0 Å². The van der Waals surface area contributed by atoms with Crippen molar-refractivity contribution in [2.24, 2.45) is 0 Å². The molecule has 4 nitrogen and oxygen atoms in total. The summed E-state index contributed by atoms with van der Waals surface area (Å²) < 4.78 is 12.6. The molecule has 1 aromatic carbocycles. The lowest BCUT2D eigenvalue weighted by molar-refractivity contribution is 0.626. The zero-order chi connectivity index (χ0) is 10.1. The van der Waals surface area contributed by atoms with E-state index in [9.17, 15) is 9.18 Å². The van der Waals surface area contributed by atoms with Crippen LogP contribution in [0.2, 0.25) is 0 Å². The number of aromatic amines is 1. The normalized spacial score (nSPS) is 10.4. The number of benzene rings is 1. The van der Waals surface area contributed by atoms with E-state index in [-0.39, 0.29) is 11.4 Å². The van der Waals surface area contributed by atoms with Crippen molar-refractivity contribution >= 4 is 0 Å². The lowest BCUT2D eigenvalue weighted by atomic mass is 10.3. The highest BCUT2D eigenvalue weighted by atomic mass is 19.1. The number of halogens is 1. The Balaban J connectivity index is 2.49. The van der Waals surface area contributed by atoms with Crippen molar-refractivity contribution in [1.82, 2.24) is 15.0 Å². The summed E-state index contributed by atoms with van der Waals surface area (Å²) in [4.78, 5) is 12.4. The van der Waals surface area contributed by atoms with Gasteiger partial charge in [0.2, 0.25) is 0 Å². The van der Waals surface area contributed by atoms with Crippen LogP contribution in [0.3, 0.4) is 0 Å². The average Bonchev–Trinajstić information content (AvgIpc) is 2.48. The van der Waals surface area contributed by atoms with Gasteiger partial charge in [-0.3, -0.25) is 4.79 Å². The maximum atomic E-state index is 12.6. The molecule has 0 aliphatic rings. The van der Waals surface area contributed by atoms with Crippen LogP contribution in [0.15, 0.2) is 29.1 Å². The fourth-order valence-electron chi connectivity index (χ4n) is 1.10. The van der Waals surface area contributed by atoms with Crippen LogP contribution in [0.4, 0.5) is 4.39 Å². The summed E-state index contributed by atoms with van der Waals surface area (Å²) in [6, 6.07) is 5.70. The molecular formula is C9H8FN3O. The van der Waals surface area contributed by atoms with E-state index in [1.807, 2.05) is 0 Å². The van der Waals surface area contributed by atoms with Crippen molar-refractivity contribution in [3.05, 3.63) is 46.1 Å². The largest absolute Gasteiger partial charge is 0.287 e. The van der Waals surface area contributed by atoms with E-state index in [2.05, 4.69) is 10.2 Å². The Hall–Kier alpha value is -1.91. The molecule has 0 aliphatic carbocycles. The molecule has 72 valence electrons. The maximum Gasteiger partial charge on any atom is 0.287 e. The highest BCUT2D eigenvalue weighted by molar-refractivity contribution is 5.29. The molecule has 0 saturated carbocycles. The predicted molar refractivity (Wildman–Crippen MR) is 48.9 cm³/mol. The predicted octanol–water partition coefficient (Wildman–Crippen LogP) is 1.01. The Bertz CT molecular complexity index is 498. The van der Waals surface area contributed by atoms with E-state index in [0.29, 0.717) is 11.4 Å². The van der Waals surface area contributed by atoms with E-state index in [1.54, 1.807) is 6.92 Å². The monoisotopic (exact) mass is 193 g/mol. The molecule has 2 aromatic rings. The van der Waals surface area contributed by atoms with Crippen LogP contribution < -0.4 is 5.56 Å². The number of aryl methyl sites for hydroxylation is 1. The number of hydrogen-bond donors (Lipinski definition) is 1. The van der Waals surface area contributed by atoms with Crippen LogP contribution >= 0.6 is 0 Å².